The molecule has 6 heteroatoms. The monoisotopic (exact) mass is 362 g/mol. The fraction of sp³-hybridized carbons (Fsp3) is 0.333. The average Bonchev–Trinajstić information content (AvgIpc) is 3.04. The fourth-order valence-electron chi connectivity index (χ4n) is 3.67. The van der Waals surface area contributed by atoms with Crippen molar-refractivity contribution in [1.29, 1.82) is 0 Å². The van der Waals surface area contributed by atoms with Crippen LogP contribution in [0.1, 0.15) is 57.8 Å². The van der Waals surface area contributed by atoms with E-state index in [0.29, 0.717) is 29.7 Å². The van der Waals surface area contributed by atoms with E-state index in [1.54, 1.807) is 10.7 Å². The Bertz CT molecular complexity index is 1070. The van der Waals surface area contributed by atoms with Gasteiger partial charge in [0.2, 0.25) is 0 Å². The lowest BCUT2D eigenvalue weighted by molar-refractivity contribution is 0.0907. The van der Waals surface area contributed by atoms with Crippen molar-refractivity contribution >= 4 is 17.3 Å². The maximum Gasteiger partial charge on any atom is 0.257 e. The van der Waals surface area contributed by atoms with E-state index < -0.39 is 0 Å². The molecule has 27 heavy (non-hydrogen) atoms. The summed E-state index contributed by atoms with van der Waals surface area (Å²) in [5.74, 6) is -0.140. The molecule has 1 N–H and O–H groups in total. The van der Waals surface area contributed by atoms with Gasteiger partial charge in [-0.25, -0.2) is 9.50 Å². The van der Waals surface area contributed by atoms with E-state index >= 15 is 0 Å². The summed E-state index contributed by atoms with van der Waals surface area (Å²) in [6.45, 7) is 6.60. The molecule has 2 heterocycles. The molecule has 4 rings (SSSR count). The van der Waals surface area contributed by atoms with Crippen molar-refractivity contribution < 1.29 is 9.59 Å². The van der Waals surface area contributed by atoms with Crippen LogP contribution in [0.15, 0.2) is 36.7 Å². The predicted molar refractivity (Wildman–Crippen MR) is 102 cm³/mol. The number of carbonyl (C=O) groups is 2. The largest absolute Gasteiger partial charge is 0.348 e. The first-order chi connectivity index (χ1) is 12.9. The van der Waals surface area contributed by atoms with Gasteiger partial charge in [-0.05, 0) is 29.9 Å². The summed E-state index contributed by atoms with van der Waals surface area (Å²) in [5, 5.41) is 7.31. The number of nitrogens with zero attached hydrogens (tertiary/aromatic N) is 3. The molecule has 1 aliphatic carbocycles. The van der Waals surface area contributed by atoms with Gasteiger partial charge in [-0.1, -0.05) is 38.1 Å². The molecule has 1 amide bonds. The number of hydrogen-bond donors (Lipinski definition) is 1. The Kier molecular flexibility index (Phi) is 4.06. The lowest BCUT2D eigenvalue weighted by Gasteiger charge is -2.29. The van der Waals surface area contributed by atoms with E-state index in [4.69, 9.17) is 0 Å². The molecular weight excluding hydrogens is 340 g/mol. The van der Waals surface area contributed by atoms with Gasteiger partial charge in [0.1, 0.15) is 5.56 Å². The maximum atomic E-state index is 12.7. The number of hydrogen-bond acceptors (Lipinski definition) is 4. The first-order valence-electron chi connectivity index (χ1n) is 9.07. The van der Waals surface area contributed by atoms with Crippen LogP contribution in [0, 0.1) is 12.3 Å². The highest BCUT2D eigenvalue weighted by atomic mass is 16.1. The normalized spacial score (nSPS) is 15.6. The van der Waals surface area contributed by atoms with Crippen LogP contribution in [-0.4, -0.2) is 26.3 Å². The van der Waals surface area contributed by atoms with Crippen molar-refractivity contribution in [2.75, 3.05) is 0 Å². The van der Waals surface area contributed by atoms with Crippen LogP contribution in [0.5, 0.6) is 0 Å². The number of benzene rings is 1. The van der Waals surface area contributed by atoms with Gasteiger partial charge in [-0.15, -0.1) is 0 Å². The van der Waals surface area contributed by atoms with Crippen LogP contribution in [0.2, 0.25) is 0 Å². The van der Waals surface area contributed by atoms with Crippen LogP contribution in [0.3, 0.4) is 0 Å². The first kappa shape index (κ1) is 17.4. The molecule has 0 unspecified atom stereocenters. The van der Waals surface area contributed by atoms with Crippen molar-refractivity contribution in [2.45, 2.75) is 40.2 Å². The molecule has 0 atom stereocenters. The smallest absolute Gasteiger partial charge is 0.257 e. The van der Waals surface area contributed by atoms with Gasteiger partial charge in [-0.3, -0.25) is 9.59 Å². The van der Waals surface area contributed by atoms with E-state index in [1.165, 1.54) is 6.20 Å². The van der Waals surface area contributed by atoms with Crippen molar-refractivity contribution in [3.63, 3.8) is 0 Å². The Morgan fingerprint density at radius 3 is 2.78 bits per heavy atom. The Morgan fingerprint density at radius 1 is 1.22 bits per heavy atom. The number of amides is 1. The summed E-state index contributed by atoms with van der Waals surface area (Å²) in [6.07, 6.45) is 4.33. The van der Waals surface area contributed by atoms with Gasteiger partial charge in [0, 0.05) is 19.2 Å². The summed E-state index contributed by atoms with van der Waals surface area (Å²) in [7, 11) is 0. The molecule has 0 fully saturated rings. The molecular formula is C21H22N4O2. The number of aromatic nitrogens is 3. The van der Waals surface area contributed by atoms with Crippen LogP contribution < -0.4 is 5.32 Å². The maximum absolute atomic E-state index is 12.7. The highest BCUT2D eigenvalue weighted by molar-refractivity contribution is 6.01. The predicted octanol–water partition coefficient (Wildman–Crippen LogP) is 3.12. The van der Waals surface area contributed by atoms with Crippen LogP contribution in [0.4, 0.5) is 0 Å². The number of fused-ring (bicyclic) bond motifs is 3. The third-order valence-electron chi connectivity index (χ3n) is 5.16. The second-order valence-corrected chi connectivity index (χ2v) is 7.96. The minimum atomic E-state index is -0.220. The molecule has 3 aromatic rings. The fourth-order valence-corrected chi connectivity index (χ4v) is 3.67. The highest BCUT2D eigenvalue weighted by Crippen LogP contribution is 2.34. The average molecular weight is 362 g/mol. The summed E-state index contributed by atoms with van der Waals surface area (Å²) >= 11 is 0. The Labute approximate surface area is 157 Å². The van der Waals surface area contributed by atoms with Gasteiger partial charge >= 0.3 is 0 Å². The SMILES string of the molecule is Cc1ccccc1CNC(=O)c1cnn2c3c(cnc12)C(=O)CC(C)(C)C3. The van der Waals surface area contributed by atoms with E-state index in [-0.39, 0.29) is 17.1 Å². The summed E-state index contributed by atoms with van der Waals surface area (Å²) in [6, 6.07) is 7.94. The lowest BCUT2D eigenvalue weighted by atomic mass is 9.76. The zero-order chi connectivity index (χ0) is 19.2. The minimum absolute atomic E-state index is 0.0803. The minimum Gasteiger partial charge on any atom is -0.348 e. The third-order valence-corrected chi connectivity index (χ3v) is 5.16. The van der Waals surface area contributed by atoms with Crippen LogP contribution in [-0.2, 0) is 13.0 Å². The van der Waals surface area contributed by atoms with Crippen molar-refractivity contribution in [3.05, 3.63) is 64.6 Å². The van der Waals surface area contributed by atoms with Crippen molar-refractivity contribution in [2.24, 2.45) is 5.41 Å². The van der Waals surface area contributed by atoms with Crippen LogP contribution in [0.25, 0.3) is 5.65 Å². The number of rotatable bonds is 3. The standard InChI is InChI=1S/C21H22N4O2/c1-13-6-4-5-7-14(13)10-23-20(27)16-12-24-25-17-8-21(2,3)9-18(26)15(17)11-22-19(16)25/h4-7,11-12H,8-10H2,1-3H3,(H,23,27). The molecule has 138 valence electrons. The lowest BCUT2D eigenvalue weighted by Crippen LogP contribution is -2.29. The number of aryl methyl sites for hydroxylation is 1. The molecule has 1 aromatic carbocycles. The molecule has 1 aliphatic rings. The van der Waals surface area contributed by atoms with Gasteiger partial charge in [-0.2, -0.15) is 5.10 Å². The number of ketones is 1. The van der Waals surface area contributed by atoms with Crippen LogP contribution >= 0.6 is 0 Å². The van der Waals surface area contributed by atoms with Gasteiger partial charge < -0.3 is 5.32 Å². The van der Waals surface area contributed by atoms with E-state index in [0.717, 1.165) is 23.2 Å². The van der Waals surface area contributed by atoms with Gasteiger partial charge in [0.05, 0.1) is 17.5 Å². The second-order valence-electron chi connectivity index (χ2n) is 7.96. The number of nitrogens with one attached hydrogen (secondary N) is 1. The molecule has 0 bridgehead atoms. The Balaban J connectivity index is 1.65. The topological polar surface area (TPSA) is 76.4 Å². The van der Waals surface area contributed by atoms with Crippen molar-refractivity contribution in [3.8, 4) is 0 Å². The summed E-state index contributed by atoms with van der Waals surface area (Å²) < 4.78 is 1.65. The number of Topliss-reactive ketones (excluding diaryl/α,β-unsaturated/α-hetero) is 1. The number of carbonyl (C=O) groups excluding carboxylic acids is 2. The van der Waals surface area contributed by atoms with E-state index in [2.05, 4.69) is 29.2 Å². The zero-order valence-corrected chi connectivity index (χ0v) is 15.7. The highest BCUT2D eigenvalue weighted by Gasteiger charge is 2.33. The van der Waals surface area contributed by atoms with E-state index in [1.807, 2.05) is 31.2 Å². The second kappa shape index (κ2) is 6.30. The summed E-state index contributed by atoms with van der Waals surface area (Å²) in [5.41, 5.74) is 4.42. The Hall–Kier alpha value is -3.02. The van der Waals surface area contributed by atoms with Crippen molar-refractivity contribution in [1.82, 2.24) is 19.9 Å². The van der Waals surface area contributed by atoms with E-state index in [9.17, 15) is 9.59 Å². The zero-order valence-electron chi connectivity index (χ0n) is 15.7. The van der Waals surface area contributed by atoms with Gasteiger partial charge in [0.15, 0.2) is 11.4 Å². The van der Waals surface area contributed by atoms with Gasteiger partial charge in [0.25, 0.3) is 5.91 Å². The first-order valence-corrected chi connectivity index (χ1v) is 9.07. The Morgan fingerprint density at radius 2 is 2.00 bits per heavy atom. The molecule has 6 nitrogen and oxygen atoms in total. The molecule has 0 saturated carbocycles. The summed E-state index contributed by atoms with van der Waals surface area (Å²) in [4.78, 5) is 29.5. The molecule has 0 aliphatic heterocycles. The third kappa shape index (κ3) is 3.12. The quantitative estimate of drug-likeness (QED) is 0.777. The molecule has 0 spiro atoms. The molecule has 0 saturated heterocycles. The molecule has 0 radical (unpaired) electrons. The molecule has 2 aromatic heterocycles.